The van der Waals surface area contributed by atoms with Crippen molar-refractivity contribution in [2.45, 2.75) is 26.1 Å². The third-order valence-electron chi connectivity index (χ3n) is 2.97. The lowest BCUT2D eigenvalue weighted by Gasteiger charge is -2.21. The normalized spacial score (nSPS) is 15.7. The molecular weight excluding hydrogens is 260 g/mol. The monoisotopic (exact) mass is 278 g/mol. The predicted molar refractivity (Wildman–Crippen MR) is 74.9 cm³/mol. The van der Waals surface area contributed by atoms with Crippen molar-refractivity contribution in [3.8, 4) is 12.3 Å². The molecule has 0 N–H and O–H groups in total. The topological polar surface area (TPSA) is 52.6 Å². The molecule has 0 spiro atoms. The summed E-state index contributed by atoms with van der Waals surface area (Å²) in [5.74, 6) is 1.63. The van der Waals surface area contributed by atoms with E-state index in [2.05, 4.69) is 5.92 Å². The summed E-state index contributed by atoms with van der Waals surface area (Å²) >= 11 is 0. The zero-order valence-corrected chi connectivity index (χ0v) is 12.9. The maximum atomic E-state index is 12.3. The van der Waals surface area contributed by atoms with Gasteiger partial charge >= 0.3 is 0 Å². The molecule has 0 aliphatic heterocycles. The first-order valence-corrected chi connectivity index (χ1v) is 9.38. The second-order valence-corrected chi connectivity index (χ2v) is 10.3. The van der Waals surface area contributed by atoms with Gasteiger partial charge in [-0.15, -0.1) is 12.3 Å². The number of rotatable bonds is 4. The average Bonchev–Trinajstić information content (AvgIpc) is 2.56. The Balaban J connectivity index is 3.49. The average molecular weight is 278 g/mol. The fraction of sp³-hybridized carbons (Fsp3) is 0.429. The molecule has 0 heterocycles. The first-order valence-electron chi connectivity index (χ1n) is 5.88. The van der Waals surface area contributed by atoms with Gasteiger partial charge in [0, 0.05) is 6.42 Å². The lowest BCUT2D eigenvalue weighted by Crippen LogP contribution is -2.28. The van der Waals surface area contributed by atoms with Gasteiger partial charge in [0.15, 0.2) is 0 Å². The standard InChI is InChI=1S/C14H18O4Si/c1-7-8-9(19(4,5)6)10-11(15)13(17-2)14(18-3)12(10)16/h1H,8H2,2-6H3. The van der Waals surface area contributed by atoms with E-state index in [1.165, 1.54) is 14.2 Å². The molecule has 5 heteroatoms. The molecular formula is C14H18O4Si. The second-order valence-electron chi connectivity index (χ2n) is 5.21. The van der Waals surface area contributed by atoms with Gasteiger partial charge in [0.25, 0.3) is 0 Å². The maximum absolute atomic E-state index is 12.3. The van der Waals surface area contributed by atoms with Crippen LogP contribution in [-0.2, 0) is 19.1 Å². The van der Waals surface area contributed by atoms with E-state index in [0.717, 1.165) is 5.20 Å². The summed E-state index contributed by atoms with van der Waals surface area (Å²) in [6.07, 6.45) is 5.66. The molecule has 1 aliphatic rings. The molecule has 0 aromatic heterocycles. The first-order chi connectivity index (χ1) is 8.79. The zero-order valence-electron chi connectivity index (χ0n) is 11.9. The van der Waals surface area contributed by atoms with E-state index in [0.29, 0.717) is 6.42 Å². The van der Waals surface area contributed by atoms with E-state index in [9.17, 15) is 9.59 Å². The highest BCUT2D eigenvalue weighted by atomic mass is 28.3. The number of methoxy groups -OCH3 is 2. The third kappa shape index (κ3) is 2.64. The summed E-state index contributed by atoms with van der Waals surface area (Å²) in [6, 6.07) is 0. The van der Waals surface area contributed by atoms with Crippen molar-refractivity contribution in [1.29, 1.82) is 0 Å². The number of allylic oxidation sites excluding steroid dienone is 3. The molecule has 0 aromatic rings. The van der Waals surface area contributed by atoms with Crippen molar-refractivity contribution in [2.24, 2.45) is 0 Å². The molecule has 19 heavy (non-hydrogen) atoms. The van der Waals surface area contributed by atoms with Gasteiger partial charge in [-0.05, 0) is 0 Å². The Morgan fingerprint density at radius 2 is 1.53 bits per heavy atom. The predicted octanol–water partition coefficient (Wildman–Crippen LogP) is 1.84. The van der Waals surface area contributed by atoms with Crippen LogP contribution < -0.4 is 0 Å². The van der Waals surface area contributed by atoms with E-state index < -0.39 is 19.6 Å². The lowest BCUT2D eigenvalue weighted by atomic mass is 10.1. The Morgan fingerprint density at radius 1 is 1.11 bits per heavy atom. The minimum Gasteiger partial charge on any atom is -0.489 e. The van der Waals surface area contributed by atoms with Gasteiger partial charge in [-0.2, -0.15) is 0 Å². The van der Waals surface area contributed by atoms with Crippen LogP contribution in [0.1, 0.15) is 6.42 Å². The molecule has 0 radical (unpaired) electrons. The largest absolute Gasteiger partial charge is 0.489 e. The van der Waals surface area contributed by atoms with Crippen LogP contribution >= 0.6 is 0 Å². The van der Waals surface area contributed by atoms with Gasteiger partial charge in [-0.3, -0.25) is 9.59 Å². The molecule has 4 nitrogen and oxygen atoms in total. The minimum absolute atomic E-state index is 0.0322. The third-order valence-corrected chi connectivity index (χ3v) is 5.20. The number of carbonyl (C=O) groups is 2. The minimum atomic E-state index is -1.88. The number of Topliss-reactive ketones (excluding diaryl/α,β-unsaturated/α-hetero) is 2. The van der Waals surface area contributed by atoms with Gasteiger partial charge < -0.3 is 9.47 Å². The van der Waals surface area contributed by atoms with E-state index in [1.54, 1.807) is 0 Å². The van der Waals surface area contributed by atoms with Crippen LogP contribution in [0.25, 0.3) is 0 Å². The van der Waals surface area contributed by atoms with E-state index in [-0.39, 0.29) is 17.1 Å². The summed E-state index contributed by atoms with van der Waals surface area (Å²) in [5.41, 5.74) is 0.144. The summed E-state index contributed by atoms with van der Waals surface area (Å²) in [6.45, 7) is 6.14. The quantitative estimate of drug-likeness (QED) is 0.341. The summed E-state index contributed by atoms with van der Waals surface area (Å²) in [7, 11) is 0.807. The van der Waals surface area contributed by atoms with Crippen LogP contribution in [0.4, 0.5) is 0 Å². The molecule has 1 aliphatic carbocycles. The fourth-order valence-electron chi connectivity index (χ4n) is 2.01. The second kappa shape index (κ2) is 5.45. The molecule has 102 valence electrons. The number of terminal acetylenes is 1. The number of ketones is 2. The summed E-state index contributed by atoms with van der Waals surface area (Å²) < 4.78 is 9.96. The van der Waals surface area contributed by atoms with Gasteiger partial charge in [-0.1, -0.05) is 24.8 Å². The van der Waals surface area contributed by atoms with Gasteiger partial charge in [0.2, 0.25) is 23.1 Å². The van der Waals surface area contributed by atoms with Crippen LogP contribution in [0.15, 0.2) is 22.3 Å². The van der Waals surface area contributed by atoms with Crippen molar-refractivity contribution in [3.05, 3.63) is 22.3 Å². The fourth-order valence-corrected chi connectivity index (χ4v) is 3.62. The van der Waals surface area contributed by atoms with Crippen LogP contribution in [-0.4, -0.2) is 33.9 Å². The van der Waals surface area contributed by atoms with Crippen LogP contribution in [0.3, 0.4) is 0 Å². The van der Waals surface area contributed by atoms with E-state index >= 15 is 0 Å². The Bertz CT molecular complexity index is 499. The first kappa shape index (κ1) is 15.3. The number of carbonyl (C=O) groups excluding carboxylic acids is 2. The Morgan fingerprint density at radius 3 is 1.79 bits per heavy atom. The van der Waals surface area contributed by atoms with Crippen molar-refractivity contribution in [2.75, 3.05) is 14.2 Å². The van der Waals surface area contributed by atoms with E-state index in [4.69, 9.17) is 15.9 Å². The van der Waals surface area contributed by atoms with Crippen LogP contribution in [0, 0.1) is 12.3 Å². The van der Waals surface area contributed by atoms with Crippen molar-refractivity contribution >= 4 is 19.6 Å². The van der Waals surface area contributed by atoms with Gasteiger partial charge in [0.1, 0.15) is 0 Å². The van der Waals surface area contributed by atoms with Crippen LogP contribution in [0.5, 0.6) is 0 Å². The highest BCUT2D eigenvalue weighted by molar-refractivity contribution is 6.84. The van der Waals surface area contributed by atoms with Crippen molar-refractivity contribution in [1.82, 2.24) is 0 Å². The lowest BCUT2D eigenvalue weighted by molar-refractivity contribution is -0.117. The molecule has 1 rings (SSSR count). The van der Waals surface area contributed by atoms with Gasteiger partial charge in [0.05, 0.1) is 27.9 Å². The smallest absolute Gasteiger partial charge is 0.235 e. The molecule has 0 aromatic carbocycles. The molecule has 0 amide bonds. The molecule has 0 saturated heterocycles. The molecule has 0 fully saturated rings. The number of ether oxygens (including phenoxy) is 2. The molecule has 0 saturated carbocycles. The molecule has 0 bridgehead atoms. The Kier molecular flexibility index (Phi) is 4.38. The summed E-state index contributed by atoms with van der Waals surface area (Å²) in [4.78, 5) is 24.6. The highest BCUT2D eigenvalue weighted by Gasteiger charge is 2.42. The van der Waals surface area contributed by atoms with E-state index in [1.807, 2.05) is 19.6 Å². The molecule has 0 atom stereocenters. The highest BCUT2D eigenvalue weighted by Crippen LogP contribution is 2.32. The van der Waals surface area contributed by atoms with Crippen molar-refractivity contribution in [3.63, 3.8) is 0 Å². The zero-order chi connectivity index (χ0) is 14.8. The maximum Gasteiger partial charge on any atom is 0.235 e. The Labute approximate surface area is 114 Å². The number of hydrogen-bond donors (Lipinski definition) is 0. The van der Waals surface area contributed by atoms with Gasteiger partial charge in [-0.25, -0.2) is 0 Å². The summed E-state index contributed by atoms with van der Waals surface area (Å²) in [5, 5.41) is 0.770. The van der Waals surface area contributed by atoms with Crippen molar-refractivity contribution < 1.29 is 19.1 Å². The van der Waals surface area contributed by atoms with Crippen LogP contribution in [0.2, 0.25) is 19.6 Å². The SMILES string of the molecule is C#CCC(=C1C(=O)C(OC)=C(OC)C1=O)[Si](C)(C)C. The number of hydrogen-bond acceptors (Lipinski definition) is 4. The Hall–Kier alpha value is -1.80. The molecule has 0 unspecified atom stereocenters.